The van der Waals surface area contributed by atoms with Crippen molar-refractivity contribution in [3.63, 3.8) is 0 Å². The zero-order valence-corrected chi connectivity index (χ0v) is 12.8. The van der Waals surface area contributed by atoms with Crippen LogP contribution in [0.3, 0.4) is 0 Å². The van der Waals surface area contributed by atoms with Gasteiger partial charge < -0.3 is 0 Å². The van der Waals surface area contributed by atoms with Gasteiger partial charge in [-0.1, -0.05) is 26.8 Å². The summed E-state index contributed by atoms with van der Waals surface area (Å²) in [6, 6.07) is 5.92. The molecule has 0 fully saturated rings. The van der Waals surface area contributed by atoms with E-state index >= 15 is 0 Å². The number of hydrogen-bond donors (Lipinski definition) is 0. The number of hydrogen-bond acceptors (Lipinski definition) is 3. The topological polar surface area (TPSA) is 30.0 Å². The molecule has 0 saturated heterocycles. The number of benzene rings is 1. The summed E-state index contributed by atoms with van der Waals surface area (Å²) in [6.07, 6.45) is 0. The number of aromatic nitrogens is 1. The first-order valence-electron chi connectivity index (χ1n) is 5.95. The quantitative estimate of drug-likeness (QED) is 0.860. The molecule has 0 spiro atoms. The molecule has 1 heterocycles. The Kier molecular flexibility index (Phi) is 4.16. The van der Waals surface area contributed by atoms with E-state index in [0.29, 0.717) is 10.6 Å². The fraction of sp³-hybridized carbons (Fsp3) is 0.357. The number of thiazole rings is 1. The number of halogens is 1. The van der Waals surface area contributed by atoms with Crippen molar-refractivity contribution >= 4 is 22.1 Å². The van der Waals surface area contributed by atoms with E-state index in [4.69, 9.17) is 0 Å². The zero-order valence-electron chi connectivity index (χ0n) is 11.1. The lowest BCUT2D eigenvalue weighted by molar-refractivity contribution is 0.571. The van der Waals surface area contributed by atoms with E-state index in [9.17, 15) is 8.60 Å². The van der Waals surface area contributed by atoms with Crippen molar-refractivity contribution in [2.75, 3.05) is 0 Å². The van der Waals surface area contributed by atoms with E-state index in [2.05, 4.69) is 25.8 Å². The summed E-state index contributed by atoms with van der Waals surface area (Å²) in [5, 5.41) is 2.82. The van der Waals surface area contributed by atoms with Crippen LogP contribution in [0.4, 0.5) is 4.39 Å². The fourth-order valence-corrected chi connectivity index (χ4v) is 3.85. The standard InChI is InChI=1S/C14H16FNOS2/c1-14(2,3)12-8-18-13(16-12)9-19(17)11-6-4-5-10(15)7-11/h4-8H,9H2,1-3H3. The van der Waals surface area contributed by atoms with Gasteiger partial charge in [0.05, 0.1) is 22.2 Å². The molecule has 1 atom stereocenters. The Balaban J connectivity index is 2.13. The van der Waals surface area contributed by atoms with E-state index in [1.165, 1.54) is 23.5 Å². The summed E-state index contributed by atoms with van der Waals surface area (Å²) in [5.41, 5.74) is 0.999. The van der Waals surface area contributed by atoms with Gasteiger partial charge in [0.2, 0.25) is 0 Å². The molecule has 0 bridgehead atoms. The monoisotopic (exact) mass is 297 g/mol. The number of rotatable bonds is 3. The average Bonchev–Trinajstić information content (AvgIpc) is 2.77. The van der Waals surface area contributed by atoms with Gasteiger partial charge in [0.1, 0.15) is 10.8 Å². The molecule has 2 rings (SSSR count). The predicted octanol–water partition coefficient (Wildman–Crippen LogP) is 3.89. The first-order chi connectivity index (χ1) is 8.86. The molecule has 0 saturated carbocycles. The third kappa shape index (κ3) is 3.70. The van der Waals surface area contributed by atoms with Gasteiger partial charge in [-0.2, -0.15) is 0 Å². The molecule has 2 aromatic rings. The van der Waals surface area contributed by atoms with Gasteiger partial charge in [0.15, 0.2) is 0 Å². The molecule has 1 unspecified atom stereocenters. The highest BCUT2D eigenvalue weighted by atomic mass is 32.2. The molecular formula is C14H16FNOS2. The van der Waals surface area contributed by atoms with Crippen molar-refractivity contribution in [1.82, 2.24) is 4.98 Å². The van der Waals surface area contributed by atoms with Crippen molar-refractivity contribution in [2.24, 2.45) is 0 Å². The van der Waals surface area contributed by atoms with E-state index in [1.54, 1.807) is 12.1 Å². The van der Waals surface area contributed by atoms with Gasteiger partial charge >= 0.3 is 0 Å². The van der Waals surface area contributed by atoms with Crippen molar-refractivity contribution in [3.8, 4) is 0 Å². The largest absolute Gasteiger partial charge is 0.254 e. The van der Waals surface area contributed by atoms with E-state index in [1.807, 2.05) is 5.38 Å². The molecule has 1 aromatic heterocycles. The molecular weight excluding hydrogens is 281 g/mol. The molecule has 0 aliphatic rings. The molecule has 0 amide bonds. The molecule has 1 aromatic carbocycles. The van der Waals surface area contributed by atoms with Crippen LogP contribution in [0.15, 0.2) is 34.5 Å². The molecule has 0 aliphatic heterocycles. The van der Waals surface area contributed by atoms with Crippen molar-refractivity contribution in [2.45, 2.75) is 36.8 Å². The van der Waals surface area contributed by atoms with Crippen LogP contribution in [-0.2, 0) is 22.0 Å². The molecule has 0 radical (unpaired) electrons. The zero-order chi connectivity index (χ0) is 14.0. The SMILES string of the molecule is CC(C)(C)c1csc(CS(=O)c2cccc(F)c2)n1. The second-order valence-corrected chi connectivity index (χ2v) is 7.72. The van der Waals surface area contributed by atoms with E-state index < -0.39 is 10.8 Å². The Morgan fingerprint density at radius 2 is 2.11 bits per heavy atom. The molecule has 19 heavy (non-hydrogen) atoms. The summed E-state index contributed by atoms with van der Waals surface area (Å²) < 4.78 is 25.2. The second-order valence-electron chi connectivity index (χ2n) is 5.32. The lowest BCUT2D eigenvalue weighted by Crippen LogP contribution is -2.11. The van der Waals surface area contributed by atoms with Crippen molar-refractivity contribution in [1.29, 1.82) is 0 Å². The summed E-state index contributed by atoms with van der Waals surface area (Å²) in [5.74, 6) is -0.0233. The molecule has 0 N–H and O–H groups in total. The van der Waals surface area contributed by atoms with Gasteiger partial charge in [0.25, 0.3) is 0 Å². The fourth-order valence-electron chi connectivity index (χ4n) is 1.53. The minimum atomic E-state index is -1.25. The highest BCUT2D eigenvalue weighted by Gasteiger charge is 2.18. The molecule has 2 nitrogen and oxygen atoms in total. The van der Waals surface area contributed by atoms with Crippen LogP contribution in [0.25, 0.3) is 0 Å². The first-order valence-corrected chi connectivity index (χ1v) is 8.15. The summed E-state index contributed by atoms with van der Waals surface area (Å²) in [6.45, 7) is 6.28. The van der Waals surface area contributed by atoms with E-state index in [-0.39, 0.29) is 11.2 Å². The predicted molar refractivity (Wildman–Crippen MR) is 77.3 cm³/mol. The van der Waals surface area contributed by atoms with Gasteiger partial charge in [-0.05, 0) is 18.2 Å². The Bertz CT molecular complexity index is 601. The Hall–Kier alpha value is -1.07. The first kappa shape index (κ1) is 14.3. The van der Waals surface area contributed by atoms with Crippen molar-refractivity contribution < 1.29 is 8.60 Å². The van der Waals surface area contributed by atoms with Gasteiger partial charge in [-0.3, -0.25) is 4.21 Å². The summed E-state index contributed by atoms with van der Waals surface area (Å²) in [7, 11) is -1.25. The Morgan fingerprint density at radius 1 is 1.37 bits per heavy atom. The van der Waals surface area contributed by atoms with Gasteiger partial charge in [-0.15, -0.1) is 11.3 Å². The van der Waals surface area contributed by atoms with Crippen LogP contribution >= 0.6 is 11.3 Å². The highest BCUT2D eigenvalue weighted by Crippen LogP contribution is 2.25. The second kappa shape index (κ2) is 5.51. The molecule has 102 valence electrons. The maximum atomic E-state index is 13.1. The van der Waals surface area contributed by atoms with Gasteiger partial charge in [-0.25, -0.2) is 9.37 Å². The lowest BCUT2D eigenvalue weighted by Gasteiger charge is -2.14. The van der Waals surface area contributed by atoms with Crippen LogP contribution in [-0.4, -0.2) is 9.19 Å². The average molecular weight is 297 g/mol. The van der Waals surface area contributed by atoms with Crippen LogP contribution < -0.4 is 0 Å². The normalized spacial score (nSPS) is 13.5. The third-order valence-corrected chi connectivity index (χ3v) is 4.98. The smallest absolute Gasteiger partial charge is 0.124 e. The minimum absolute atomic E-state index is 0.00486. The molecule has 0 aliphatic carbocycles. The van der Waals surface area contributed by atoms with Crippen LogP contribution in [0.5, 0.6) is 0 Å². The minimum Gasteiger partial charge on any atom is -0.254 e. The molecule has 5 heteroatoms. The summed E-state index contributed by atoms with van der Waals surface area (Å²) >= 11 is 1.51. The maximum Gasteiger partial charge on any atom is 0.124 e. The van der Waals surface area contributed by atoms with Gasteiger partial charge in [0, 0.05) is 15.7 Å². The van der Waals surface area contributed by atoms with Crippen LogP contribution in [0.2, 0.25) is 0 Å². The third-order valence-electron chi connectivity index (χ3n) is 2.63. The van der Waals surface area contributed by atoms with Crippen molar-refractivity contribution in [3.05, 3.63) is 46.2 Å². The number of nitrogens with zero attached hydrogens (tertiary/aromatic N) is 1. The highest BCUT2D eigenvalue weighted by molar-refractivity contribution is 7.84. The summed E-state index contributed by atoms with van der Waals surface area (Å²) in [4.78, 5) is 5.01. The van der Waals surface area contributed by atoms with Crippen LogP contribution in [0.1, 0.15) is 31.5 Å². The Labute approximate surface area is 119 Å². The lowest BCUT2D eigenvalue weighted by atomic mass is 9.93. The maximum absolute atomic E-state index is 13.1. The van der Waals surface area contributed by atoms with E-state index in [0.717, 1.165) is 10.7 Å². The Morgan fingerprint density at radius 3 is 2.68 bits per heavy atom. The van der Waals surface area contributed by atoms with Crippen LogP contribution in [0, 0.1) is 5.82 Å².